The van der Waals surface area contributed by atoms with Crippen LogP contribution in [0.4, 0.5) is 0 Å². The van der Waals surface area contributed by atoms with Gasteiger partial charge in [-0.1, -0.05) is 30.3 Å². The highest BCUT2D eigenvalue weighted by Crippen LogP contribution is 2.42. The fourth-order valence-electron chi connectivity index (χ4n) is 4.85. The molecule has 33 heavy (non-hydrogen) atoms. The summed E-state index contributed by atoms with van der Waals surface area (Å²) in [7, 11) is 0. The minimum absolute atomic E-state index is 0.00151. The van der Waals surface area contributed by atoms with Crippen molar-refractivity contribution in [2.24, 2.45) is 0 Å². The van der Waals surface area contributed by atoms with E-state index in [0.29, 0.717) is 6.54 Å². The van der Waals surface area contributed by atoms with Crippen LogP contribution in [0.1, 0.15) is 46.0 Å². The van der Waals surface area contributed by atoms with Crippen molar-refractivity contribution >= 4 is 17.3 Å². The molecule has 5 nitrogen and oxygen atoms in total. The SMILES string of the molecule is Cc1ccccc1-n1c(C)cc([C@@H]2[C@@H](c3ccccn3)NC(=S)N2Cc2ccccn2)c1C. The second-order valence-corrected chi connectivity index (χ2v) is 8.91. The summed E-state index contributed by atoms with van der Waals surface area (Å²) in [6.07, 6.45) is 3.67. The van der Waals surface area contributed by atoms with Crippen LogP contribution < -0.4 is 5.32 Å². The van der Waals surface area contributed by atoms with E-state index < -0.39 is 0 Å². The second-order valence-electron chi connectivity index (χ2n) is 8.52. The number of hydrogen-bond donors (Lipinski definition) is 1. The summed E-state index contributed by atoms with van der Waals surface area (Å²) >= 11 is 5.84. The summed E-state index contributed by atoms with van der Waals surface area (Å²) in [5, 5.41) is 4.28. The van der Waals surface area contributed by atoms with Gasteiger partial charge in [-0.05, 0) is 80.5 Å². The van der Waals surface area contributed by atoms with Crippen molar-refractivity contribution in [2.45, 2.75) is 39.4 Å². The van der Waals surface area contributed by atoms with Gasteiger partial charge in [-0.3, -0.25) is 9.97 Å². The van der Waals surface area contributed by atoms with Crippen molar-refractivity contribution in [2.75, 3.05) is 0 Å². The normalized spacial score (nSPS) is 17.9. The van der Waals surface area contributed by atoms with Crippen molar-refractivity contribution in [1.29, 1.82) is 0 Å². The third-order valence-corrected chi connectivity index (χ3v) is 6.75. The van der Waals surface area contributed by atoms with Gasteiger partial charge in [-0.15, -0.1) is 0 Å². The predicted molar refractivity (Wildman–Crippen MR) is 135 cm³/mol. The Balaban J connectivity index is 1.63. The maximum absolute atomic E-state index is 5.84. The van der Waals surface area contributed by atoms with E-state index in [9.17, 15) is 0 Å². The smallest absolute Gasteiger partial charge is 0.170 e. The quantitative estimate of drug-likeness (QED) is 0.412. The first-order valence-corrected chi connectivity index (χ1v) is 11.6. The van der Waals surface area contributed by atoms with E-state index in [0.717, 1.165) is 16.5 Å². The monoisotopic (exact) mass is 453 g/mol. The number of hydrogen-bond acceptors (Lipinski definition) is 3. The predicted octanol–water partition coefficient (Wildman–Crippen LogP) is 5.37. The van der Waals surface area contributed by atoms with E-state index >= 15 is 0 Å². The van der Waals surface area contributed by atoms with Crippen LogP contribution >= 0.6 is 12.2 Å². The van der Waals surface area contributed by atoms with Crippen molar-refractivity contribution in [3.8, 4) is 5.69 Å². The molecule has 1 aliphatic heterocycles. The van der Waals surface area contributed by atoms with E-state index in [-0.39, 0.29) is 12.1 Å². The minimum atomic E-state index is -0.0479. The van der Waals surface area contributed by atoms with Gasteiger partial charge in [0.05, 0.1) is 30.0 Å². The third-order valence-electron chi connectivity index (χ3n) is 6.40. The van der Waals surface area contributed by atoms with Crippen molar-refractivity contribution in [1.82, 2.24) is 24.8 Å². The number of nitrogens with zero attached hydrogens (tertiary/aromatic N) is 4. The fourth-order valence-corrected chi connectivity index (χ4v) is 5.16. The first-order valence-electron chi connectivity index (χ1n) is 11.2. The summed E-state index contributed by atoms with van der Waals surface area (Å²) in [5.41, 5.74) is 8.08. The molecule has 1 saturated heterocycles. The molecule has 0 amide bonds. The van der Waals surface area contributed by atoms with E-state index in [4.69, 9.17) is 12.2 Å². The lowest BCUT2D eigenvalue weighted by Crippen LogP contribution is -2.29. The number of para-hydroxylation sites is 1. The molecule has 5 rings (SSSR count). The van der Waals surface area contributed by atoms with E-state index in [1.165, 1.54) is 28.2 Å². The van der Waals surface area contributed by atoms with Gasteiger partial charge in [-0.2, -0.15) is 0 Å². The van der Waals surface area contributed by atoms with Gasteiger partial charge in [0.1, 0.15) is 0 Å². The topological polar surface area (TPSA) is 46.0 Å². The first-order chi connectivity index (χ1) is 16.0. The molecule has 3 aromatic heterocycles. The zero-order valence-corrected chi connectivity index (χ0v) is 19.9. The summed E-state index contributed by atoms with van der Waals surface area (Å²) < 4.78 is 2.35. The lowest BCUT2D eigenvalue weighted by Gasteiger charge is -2.28. The average molecular weight is 454 g/mol. The Bertz CT molecular complexity index is 1280. The molecule has 2 atom stereocenters. The number of aryl methyl sites for hydroxylation is 2. The highest BCUT2D eigenvalue weighted by atomic mass is 32.1. The molecule has 0 bridgehead atoms. The zero-order chi connectivity index (χ0) is 22.9. The summed E-state index contributed by atoms with van der Waals surface area (Å²) in [6.45, 7) is 7.16. The second kappa shape index (κ2) is 8.79. The van der Waals surface area contributed by atoms with Crippen LogP contribution in [-0.4, -0.2) is 24.5 Å². The number of nitrogens with one attached hydrogen (secondary N) is 1. The van der Waals surface area contributed by atoms with Crippen LogP contribution in [0.2, 0.25) is 0 Å². The fraction of sp³-hybridized carbons (Fsp3) is 0.222. The highest BCUT2D eigenvalue weighted by molar-refractivity contribution is 7.80. The average Bonchev–Trinajstić information content (AvgIpc) is 3.30. The molecule has 0 spiro atoms. The molecular weight excluding hydrogens is 426 g/mol. The Morgan fingerprint density at radius 2 is 1.64 bits per heavy atom. The maximum atomic E-state index is 5.84. The van der Waals surface area contributed by atoms with Crippen LogP contribution in [0.15, 0.2) is 79.1 Å². The largest absolute Gasteiger partial charge is 0.352 e. The molecule has 0 aliphatic carbocycles. The van der Waals surface area contributed by atoms with Crippen LogP contribution in [0.5, 0.6) is 0 Å². The van der Waals surface area contributed by atoms with Crippen LogP contribution in [0, 0.1) is 20.8 Å². The van der Waals surface area contributed by atoms with Gasteiger partial charge in [0, 0.05) is 29.5 Å². The molecule has 1 aliphatic rings. The number of rotatable bonds is 5. The molecule has 6 heteroatoms. The Labute approximate surface area is 200 Å². The zero-order valence-electron chi connectivity index (χ0n) is 19.1. The van der Waals surface area contributed by atoms with Crippen molar-refractivity contribution < 1.29 is 0 Å². The van der Waals surface area contributed by atoms with Gasteiger partial charge in [0.25, 0.3) is 0 Å². The molecule has 1 fully saturated rings. The van der Waals surface area contributed by atoms with E-state index in [1.54, 1.807) is 0 Å². The Morgan fingerprint density at radius 3 is 2.33 bits per heavy atom. The van der Waals surface area contributed by atoms with Crippen LogP contribution in [0.3, 0.4) is 0 Å². The summed E-state index contributed by atoms with van der Waals surface area (Å²) in [4.78, 5) is 11.5. The van der Waals surface area contributed by atoms with Gasteiger partial charge in [0.2, 0.25) is 0 Å². The Morgan fingerprint density at radius 1 is 0.909 bits per heavy atom. The third kappa shape index (κ3) is 3.91. The van der Waals surface area contributed by atoms with Crippen molar-refractivity contribution in [3.63, 3.8) is 0 Å². The van der Waals surface area contributed by atoms with E-state index in [1.807, 2.05) is 42.7 Å². The lowest BCUT2D eigenvalue weighted by atomic mass is 9.96. The number of benzene rings is 1. The van der Waals surface area contributed by atoms with Crippen LogP contribution in [0.25, 0.3) is 5.69 Å². The Hall–Kier alpha value is -3.51. The number of aromatic nitrogens is 3. The molecule has 4 aromatic rings. The van der Waals surface area contributed by atoms with Gasteiger partial charge < -0.3 is 14.8 Å². The standard InChI is InChI=1S/C27H27N5S/c1-18-10-4-5-13-24(18)32-19(2)16-22(20(32)3)26-25(23-12-7-9-15-29-23)30-27(33)31(26)17-21-11-6-8-14-28-21/h4-16,25-26H,17H2,1-3H3,(H,30,33)/t25-,26-/m1/s1. The Kier molecular flexibility index (Phi) is 5.68. The molecule has 1 N–H and O–H groups in total. The highest BCUT2D eigenvalue weighted by Gasteiger charge is 2.41. The van der Waals surface area contributed by atoms with Crippen LogP contribution in [-0.2, 0) is 6.54 Å². The van der Waals surface area contributed by atoms with Gasteiger partial charge in [-0.25, -0.2) is 0 Å². The molecule has 1 aromatic carbocycles. The molecule has 4 heterocycles. The molecular formula is C27H27N5S. The van der Waals surface area contributed by atoms with Gasteiger partial charge in [0.15, 0.2) is 5.11 Å². The van der Waals surface area contributed by atoms with Crippen molar-refractivity contribution in [3.05, 3.63) is 113 Å². The first kappa shape index (κ1) is 21.3. The summed E-state index contributed by atoms with van der Waals surface area (Å²) in [5.74, 6) is 0. The lowest BCUT2D eigenvalue weighted by molar-refractivity contribution is 0.307. The molecule has 0 radical (unpaired) electrons. The maximum Gasteiger partial charge on any atom is 0.170 e. The molecule has 166 valence electrons. The summed E-state index contributed by atoms with van der Waals surface area (Å²) in [6, 6.07) is 22.8. The van der Waals surface area contributed by atoms with Gasteiger partial charge >= 0.3 is 0 Å². The molecule has 0 unspecified atom stereocenters. The molecule has 0 saturated carbocycles. The number of thiocarbonyl (C=S) groups is 1. The minimum Gasteiger partial charge on any atom is -0.352 e. The van der Waals surface area contributed by atoms with E-state index in [2.05, 4.69) is 81.9 Å². The number of pyridine rings is 2.